The first kappa shape index (κ1) is 25.6. The molecule has 3 atom stereocenters. The Balaban J connectivity index is 0.00000625. The van der Waals surface area contributed by atoms with Crippen LogP contribution in [-0.2, 0) is 15.6 Å². The van der Waals surface area contributed by atoms with Gasteiger partial charge in [-0.15, -0.1) is 24.0 Å². The third kappa shape index (κ3) is 9.53. The van der Waals surface area contributed by atoms with Gasteiger partial charge in [0.2, 0.25) is 5.91 Å². The zero-order valence-corrected chi connectivity index (χ0v) is 20.2. The Labute approximate surface area is 178 Å². The molecule has 1 fully saturated rings. The highest BCUT2D eigenvalue weighted by atomic mass is 127. The van der Waals surface area contributed by atoms with Crippen LogP contribution in [0.2, 0.25) is 0 Å². The van der Waals surface area contributed by atoms with E-state index in [-0.39, 0.29) is 52.6 Å². The van der Waals surface area contributed by atoms with Crippen molar-refractivity contribution in [1.82, 2.24) is 16.0 Å². The van der Waals surface area contributed by atoms with Crippen LogP contribution in [0.15, 0.2) is 4.99 Å². The molecule has 1 rings (SSSR count). The van der Waals surface area contributed by atoms with E-state index >= 15 is 0 Å². The number of rotatable bonds is 6. The predicted octanol–water partition coefficient (Wildman–Crippen LogP) is 2.40. The standard InChI is InChI=1S/C18H36N4O2S.HI/c1-13(2)21-16(23)14-8-7-9-15(12-14)22-17(19-6)20-10-11-25(24)18(3,4)5;/h13-15H,7-12H2,1-6H3,(H,21,23)(H2,19,20,22);1H. The molecule has 1 aliphatic carbocycles. The zero-order valence-electron chi connectivity index (χ0n) is 17.1. The van der Waals surface area contributed by atoms with E-state index < -0.39 is 10.8 Å². The first-order chi connectivity index (χ1) is 11.6. The van der Waals surface area contributed by atoms with Crippen molar-refractivity contribution in [1.29, 1.82) is 0 Å². The third-order valence-electron chi connectivity index (χ3n) is 4.30. The fraction of sp³-hybridized carbons (Fsp3) is 0.889. The summed E-state index contributed by atoms with van der Waals surface area (Å²) in [7, 11) is 0.860. The van der Waals surface area contributed by atoms with Crippen molar-refractivity contribution in [2.75, 3.05) is 19.3 Å². The molecule has 8 heteroatoms. The van der Waals surface area contributed by atoms with Crippen molar-refractivity contribution in [3.63, 3.8) is 0 Å². The predicted molar refractivity (Wildman–Crippen MR) is 122 cm³/mol. The number of nitrogens with one attached hydrogen (secondary N) is 3. The Kier molecular flexibility index (Phi) is 12.0. The van der Waals surface area contributed by atoms with Crippen LogP contribution in [0.1, 0.15) is 60.3 Å². The summed E-state index contributed by atoms with van der Waals surface area (Å²) in [5.74, 6) is 1.54. The van der Waals surface area contributed by atoms with Gasteiger partial charge in [0.1, 0.15) is 0 Å². The van der Waals surface area contributed by atoms with Crippen molar-refractivity contribution < 1.29 is 9.00 Å². The molecule has 3 N–H and O–H groups in total. The molecular weight excluding hydrogens is 463 g/mol. The van der Waals surface area contributed by atoms with Crippen molar-refractivity contribution in [2.45, 2.75) is 77.1 Å². The van der Waals surface area contributed by atoms with Crippen LogP contribution in [0.5, 0.6) is 0 Å². The van der Waals surface area contributed by atoms with Gasteiger partial charge in [-0.1, -0.05) is 6.42 Å². The minimum Gasteiger partial charge on any atom is -0.355 e. The van der Waals surface area contributed by atoms with Crippen molar-refractivity contribution in [2.24, 2.45) is 10.9 Å². The summed E-state index contributed by atoms with van der Waals surface area (Å²) >= 11 is 0. The van der Waals surface area contributed by atoms with Gasteiger partial charge in [0.15, 0.2) is 5.96 Å². The van der Waals surface area contributed by atoms with Gasteiger partial charge in [0.05, 0.1) is 0 Å². The van der Waals surface area contributed by atoms with E-state index in [2.05, 4.69) is 20.9 Å². The monoisotopic (exact) mass is 500 g/mol. The fourth-order valence-electron chi connectivity index (χ4n) is 2.92. The zero-order chi connectivity index (χ0) is 19.0. The van der Waals surface area contributed by atoms with Gasteiger partial charge in [-0.2, -0.15) is 0 Å². The van der Waals surface area contributed by atoms with Crippen LogP contribution in [0, 0.1) is 5.92 Å². The molecule has 0 aliphatic heterocycles. The molecule has 0 heterocycles. The number of amides is 1. The molecule has 3 unspecified atom stereocenters. The molecule has 0 aromatic rings. The van der Waals surface area contributed by atoms with Crippen LogP contribution < -0.4 is 16.0 Å². The average molecular weight is 500 g/mol. The molecule has 0 aromatic heterocycles. The summed E-state index contributed by atoms with van der Waals surface area (Å²) < 4.78 is 11.9. The Bertz CT molecular complexity index is 492. The van der Waals surface area contributed by atoms with Gasteiger partial charge < -0.3 is 16.0 Å². The second kappa shape index (κ2) is 12.2. The lowest BCUT2D eigenvalue weighted by molar-refractivity contribution is -0.126. The Hall–Kier alpha value is -0.380. The maximum Gasteiger partial charge on any atom is 0.223 e. The molecule has 1 aliphatic rings. The van der Waals surface area contributed by atoms with Crippen LogP contribution in [0.25, 0.3) is 0 Å². The van der Waals surface area contributed by atoms with Crippen LogP contribution in [-0.4, -0.2) is 52.3 Å². The number of halogens is 1. The van der Waals surface area contributed by atoms with E-state index in [9.17, 15) is 9.00 Å². The number of hydrogen-bond acceptors (Lipinski definition) is 3. The SMILES string of the molecule is CN=C(NCCS(=O)C(C)(C)C)NC1CCCC(C(=O)NC(C)C)C1.I. The maximum absolute atomic E-state index is 12.2. The first-order valence-corrected chi connectivity index (χ1v) is 10.6. The number of aliphatic imine (C=N–C) groups is 1. The molecular formula is C18H37IN4O2S. The smallest absolute Gasteiger partial charge is 0.223 e. The summed E-state index contributed by atoms with van der Waals surface area (Å²) in [5, 5.41) is 9.67. The van der Waals surface area contributed by atoms with E-state index in [1.165, 1.54) is 0 Å². The van der Waals surface area contributed by atoms with Crippen LogP contribution in [0.4, 0.5) is 0 Å². The van der Waals surface area contributed by atoms with Gasteiger partial charge in [-0.25, -0.2) is 0 Å². The largest absolute Gasteiger partial charge is 0.355 e. The molecule has 0 saturated heterocycles. The summed E-state index contributed by atoms with van der Waals surface area (Å²) in [5.41, 5.74) is 0. The number of guanidine groups is 1. The normalized spacial score (nSPS) is 22.3. The highest BCUT2D eigenvalue weighted by Crippen LogP contribution is 2.24. The number of carbonyl (C=O) groups excluding carboxylic acids is 1. The molecule has 0 spiro atoms. The summed E-state index contributed by atoms with van der Waals surface area (Å²) in [6, 6.07) is 0.426. The molecule has 1 saturated carbocycles. The lowest BCUT2D eigenvalue weighted by Gasteiger charge is -2.30. The highest BCUT2D eigenvalue weighted by molar-refractivity contribution is 14.0. The molecule has 0 aromatic carbocycles. The number of hydrogen-bond donors (Lipinski definition) is 3. The van der Waals surface area contributed by atoms with Gasteiger partial charge in [0, 0.05) is 52.9 Å². The molecule has 0 bridgehead atoms. The minimum atomic E-state index is -0.878. The quantitative estimate of drug-likeness (QED) is 0.297. The van der Waals surface area contributed by atoms with Gasteiger partial charge in [-0.3, -0.25) is 14.0 Å². The Morgan fingerprint density at radius 3 is 2.46 bits per heavy atom. The molecule has 154 valence electrons. The molecule has 6 nitrogen and oxygen atoms in total. The van der Waals surface area contributed by atoms with Gasteiger partial charge in [0.25, 0.3) is 0 Å². The van der Waals surface area contributed by atoms with Crippen molar-refractivity contribution in [3.05, 3.63) is 0 Å². The lowest BCUT2D eigenvalue weighted by atomic mass is 9.85. The highest BCUT2D eigenvalue weighted by Gasteiger charge is 2.28. The summed E-state index contributed by atoms with van der Waals surface area (Å²) in [4.78, 5) is 16.5. The first-order valence-electron chi connectivity index (χ1n) is 9.29. The lowest BCUT2D eigenvalue weighted by Crippen LogP contribution is -2.48. The van der Waals surface area contributed by atoms with E-state index in [1.54, 1.807) is 7.05 Å². The van der Waals surface area contributed by atoms with Gasteiger partial charge in [-0.05, 0) is 53.9 Å². The van der Waals surface area contributed by atoms with Gasteiger partial charge >= 0.3 is 0 Å². The second-order valence-electron chi connectivity index (χ2n) is 8.03. The molecule has 26 heavy (non-hydrogen) atoms. The Morgan fingerprint density at radius 1 is 1.27 bits per heavy atom. The van der Waals surface area contributed by atoms with E-state index in [1.807, 2.05) is 34.6 Å². The number of carbonyl (C=O) groups is 1. The fourth-order valence-corrected chi connectivity index (χ4v) is 3.82. The van der Waals surface area contributed by atoms with E-state index in [4.69, 9.17) is 0 Å². The molecule has 1 amide bonds. The molecule has 0 radical (unpaired) electrons. The topological polar surface area (TPSA) is 82.6 Å². The second-order valence-corrected chi connectivity index (χ2v) is 10.4. The maximum atomic E-state index is 12.2. The third-order valence-corrected chi connectivity index (χ3v) is 6.24. The Morgan fingerprint density at radius 2 is 1.92 bits per heavy atom. The van der Waals surface area contributed by atoms with Crippen LogP contribution >= 0.6 is 24.0 Å². The van der Waals surface area contributed by atoms with E-state index in [0.29, 0.717) is 12.3 Å². The van der Waals surface area contributed by atoms with Crippen molar-refractivity contribution >= 4 is 46.6 Å². The van der Waals surface area contributed by atoms with Crippen LogP contribution in [0.3, 0.4) is 0 Å². The van der Waals surface area contributed by atoms with Crippen molar-refractivity contribution in [3.8, 4) is 0 Å². The summed E-state index contributed by atoms with van der Waals surface area (Å²) in [6.07, 6.45) is 3.86. The summed E-state index contributed by atoms with van der Waals surface area (Å²) in [6.45, 7) is 10.6. The minimum absolute atomic E-state index is 0. The van der Waals surface area contributed by atoms with E-state index in [0.717, 1.165) is 31.6 Å². The average Bonchev–Trinajstić information content (AvgIpc) is 2.52. The number of nitrogens with zero attached hydrogens (tertiary/aromatic N) is 1.